The molecule has 13 heavy (non-hydrogen) atoms. The first-order valence-corrected chi connectivity index (χ1v) is 5.61. The van der Waals surface area contributed by atoms with Gasteiger partial charge in [0.1, 0.15) is 0 Å². The standard InChI is InChI=1S/C10H14ClNS/c1-3-7(2)13-10-8(11)5-4-6-9(10)12/h4-7H,3,12H2,1-2H3. The Kier molecular flexibility index (Phi) is 3.94. The van der Waals surface area contributed by atoms with Crippen LogP contribution in [0.3, 0.4) is 0 Å². The zero-order valence-corrected chi connectivity index (χ0v) is 9.45. The molecule has 3 heteroatoms. The second-order valence-corrected chi connectivity index (χ2v) is 4.85. The van der Waals surface area contributed by atoms with E-state index in [0.717, 1.165) is 22.0 Å². The van der Waals surface area contributed by atoms with Gasteiger partial charge in [0.05, 0.1) is 5.02 Å². The molecule has 0 heterocycles. The first-order valence-electron chi connectivity index (χ1n) is 4.35. The highest BCUT2D eigenvalue weighted by atomic mass is 35.5. The van der Waals surface area contributed by atoms with Gasteiger partial charge in [-0.15, -0.1) is 11.8 Å². The van der Waals surface area contributed by atoms with Crippen LogP contribution in [0.1, 0.15) is 20.3 Å². The molecule has 0 saturated carbocycles. The first-order chi connectivity index (χ1) is 6.15. The molecule has 0 aliphatic heterocycles. The molecule has 1 unspecified atom stereocenters. The molecule has 0 spiro atoms. The third-order valence-corrected chi connectivity index (χ3v) is 3.75. The number of rotatable bonds is 3. The van der Waals surface area contributed by atoms with Gasteiger partial charge in [0, 0.05) is 15.8 Å². The molecule has 1 aromatic rings. The Bertz CT molecular complexity index is 268. The molecule has 0 radical (unpaired) electrons. The molecule has 0 bridgehead atoms. The van der Waals surface area contributed by atoms with Crippen LogP contribution < -0.4 is 5.73 Å². The number of nitrogens with two attached hydrogens (primary N) is 1. The summed E-state index contributed by atoms with van der Waals surface area (Å²) in [5.41, 5.74) is 6.59. The minimum Gasteiger partial charge on any atom is -0.398 e. The van der Waals surface area contributed by atoms with Gasteiger partial charge >= 0.3 is 0 Å². The molecule has 0 amide bonds. The summed E-state index contributed by atoms with van der Waals surface area (Å²) in [7, 11) is 0. The van der Waals surface area contributed by atoms with E-state index >= 15 is 0 Å². The normalized spacial score (nSPS) is 12.8. The molecular weight excluding hydrogens is 202 g/mol. The van der Waals surface area contributed by atoms with Gasteiger partial charge < -0.3 is 5.73 Å². The van der Waals surface area contributed by atoms with Crippen LogP contribution in [0, 0.1) is 0 Å². The van der Waals surface area contributed by atoms with Gasteiger partial charge in [-0.2, -0.15) is 0 Å². The van der Waals surface area contributed by atoms with Crippen LogP contribution in [0.5, 0.6) is 0 Å². The largest absolute Gasteiger partial charge is 0.398 e. The van der Waals surface area contributed by atoms with Crippen LogP contribution in [0.25, 0.3) is 0 Å². The van der Waals surface area contributed by atoms with Crippen LogP contribution in [0.4, 0.5) is 5.69 Å². The second kappa shape index (κ2) is 4.77. The Hall–Kier alpha value is -0.340. The number of halogens is 1. The number of anilines is 1. The van der Waals surface area contributed by atoms with Gasteiger partial charge in [0.15, 0.2) is 0 Å². The van der Waals surface area contributed by atoms with Crippen molar-refractivity contribution in [3.05, 3.63) is 23.2 Å². The van der Waals surface area contributed by atoms with E-state index in [1.165, 1.54) is 0 Å². The van der Waals surface area contributed by atoms with Gasteiger partial charge in [-0.1, -0.05) is 31.5 Å². The minimum atomic E-state index is 0.558. The van der Waals surface area contributed by atoms with Crippen LogP contribution >= 0.6 is 23.4 Å². The summed E-state index contributed by atoms with van der Waals surface area (Å²) in [6, 6.07) is 5.64. The highest BCUT2D eigenvalue weighted by Gasteiger charge is 2.08. The molecule has 0 fully saturated rings. The van der Waals surface area contributed by atoms with Crippen molar-refractivity contribution in [3.8, 4) is 0 Å². The maximum absolute atomic E-state index is 6.03. The zero-order valence-electron chi connectivity index (χ0n) is 7.88. The van der Waals surface area contributed by atoms with Crippen molar-refractivity contribution in [1.29, 1.82) is 0 Å². The van der Waals surface area contributed by atoms with Crippen molar-refractivity contribution < 1.29 is 0 Å². The van der Waals surface area contributed by atoms with E-state index in [4.69, 9.17) is 17.3 Å². The summed E-state index contributed by atoms with van der Waals surface area (Å²) in [6.45, 7) is 4.33. The van der Waals surface area contributed by atoms with Crippen molar-refractivity contribution in [2.24, 2.45) is 0 Å². The van der Waals surface area contributed by atoms with Crippen molar-refractivity contribution in [3.63, 3.8) is 0 Å². The number of nitrogen functional groups attached to an aromatic ring is 1. The third kappa shape index (κ3) is 2.82. The van der Waals surface area contributed by atoms with E-state index in [9.17, 15) is 0 Å². The molecule has 2 N–H and O–H groups in total. The third-order valence-electron chi connectivity index (χ3n) is 1.89. The van der Waals surface area contributed by atoms with Crippen molar-refractivity contribution >= 4 is 29.1 Å². The molecular formula is C10H14ClNS. The van der Waals surface area contributed by atoms with Crippen molar-refractivity contribution in [2.45, 2.75) is 30.4 Å². The van der Waals surface area contributed by atoms with Gasteiger partial charge in [-0.3, -0.25) is 0 Å². The maximum Gasteiger partial charge on any atom is 0.0562 e. The smallest absolute Gasteiger partial charge is 0.0562 e. The molecule has 72 valence electrons. The molecule has 0 aliphatic carbocycles. The van der Waals surface area contributed by atoms with E-state index in [0.29, 0.717) is 5.25 Å². The Labute approximate surface area is 88.7 Å². The molecule has 1 aromatic carbocycles. The quantitative estimate of drug-likeness (QED) is 0.613. The fourth-order valence-electron chi connectivity index (χ4n) is 0.934. The highest BCUT2D eigenvalue weighted by molar-refractivity contribution is 8.00. The van der Waals surface area contributed by atoms with Crippen molar-refractivity contribution in [2.75, 3.05) is 5.73 Å². The van der Waals surface area contributed by atoms with E-state index in [1.54, 1.807) is 11.8 Å². The summed E-state index contributed by atoms with van der Waals surface area (Å²) in [6.07, 6.45) is 1.12. The van der Waals surface area contributed by atoms with E-state index < -0.39 is 0 Å². The van der Waals surface area contributed by atoms with Crippen LogP contribution in [0.15, 0.2) is 23.1 Å². The average Bonchev–Trinajstić information content (AvgIpc) is 2.11. The monoisotopic (exact) mass is 215 g/mol. The summed E-state index contributed by atoms with van der Waals surface area (Å²) < 4.78 is 0. The lowest BCUT2D eigenvalue weighted by Gasteiger charge is -2.11. The predicted octanol–water partition coefficient (Wildman–Crippen LogP) is 3.81. The topological polar surface area (TPSA) is 26.0 Å². The van der Waals surface area contributed by atoms with Gasteiger partial charge in [0.2, 0.25) is 0 Å². The Morgan fingerprint density at radius 1 is 1.54 bits per heavy atom. The summed E-state index contributed by atoms with van der Waals surface area (Å²) >= 11 is 7.77. The number of hydrogen-bond acceptors (Lipinski definition) is 2. The predicted molar refractivity (Wildman–Crippen MR) is 61.5 cm³/mol. The summed E-state index contributed by atoms with van der Waals surface area (Å²) in [4.78, 5) is 1.01. The Morgan fingerprint density at radius 3 is 2.77 bits per heavy atom. The molecule has 0 saturated heterocycles. The SMILES string of the molecule is CCC(C)Sc1c(N)cccc1Cl. The molecule has 1 nitrogen and oxygen atoms in total. The fourth-order valence-corrected chi connectivity index (χ4v) is 2.20. The maximum atomic E-state index is 6.03. The van der Waals surface area contributed by atoms with E-state index in [-0.39, 0.29) is 0 Å². The number of thioether (sulfide) groups is 1. The van der Waals surface area contributed by atoms with Crippen LogP contribution in [-0.2, 0) is 0 Å². The van der Waals surface area contributed by atoms with Crippen molar-refractivity contribution in [1.82, 2.24) is 0 Å². The minimum absolute atomic E-state index is 0.558. The van der Waals surface area contributed by atoms with Gasteiger partial charge in [-0.25, -0.2) is 0 Å². The van der Waals surface area contributed by atoms with Crippen LogP contribution in [0.2, 0.25) is 5.02 Å². The van der Waals surface area contributed by atoms with E-state index in [1.807, 2.05) is 18.2 Å². The first kappa shape index (κ1) is 10.7. The second-order valence-electron chi connectivity index (χ2n) is 2.99. The van der Waals surface area contributed by atoms with Crippen LogP contribution in [-0.4, -0.2) is 5.25 Å². The van der Waals surface area contributed by atoms with Gasteiger partial charge in [-0.05, 0) is 18.6 Å². The van der Waals surface area contributed by atoms with Gasteiger partial charge in [0.25, 0.3) is 0 Å². The zero-order chi connectivity index (χ0) is 9.84. The lowest BCUT2D eigenvalue weighted by Crippen LogP contribution is -1.96. The highest BCUT2D eigenvalue weighted by Crippen LogP contribution is 2.35. The average molecular weight is 216 g/mol. The number of hydrogen-bond donors (Lipinski definition) is 1. The fraction of sp³-hybridized carbons (Fsp3) is 0.400. The lowest BCUT2D eigenvalue weighted by atomic mass is 10.3. The molecule has 1 rings (SSSR count). The lowest BCUT2D eigenvalue weighted by molar-refractivity contribution is 0.906. The molecule has 1 atom stereocenters. The summed E-state index contributed by atoms with van der Waals surface area (Å²) in [5, 5.41) is 1.31. The Morgan fingerprint density at radius 2 is 2.23 bits per heavy atom. The Balaban J connectivity index is 2.87. The van der Waals surface area contributed by atoms with E-state index in [2.05, 4.69) is 13.8 Å². The number of benzene rings is 1. The molecule has 0 aromatic heterocycles. The summed E-state index contributed by atoms with van der Waals surface area (Å²) in [5.74, 6) is 0. The molecule has 0 aliphatic rings.